The van der Waals surface area contributed by atoms with Crippen molar-refractivity contribution in [2.45, 2.75) is 33.2 Å². The summed E-state index contributed by atoms with van der Waals surface area (Å²) >= 11 is 1.33. The van der Waals surface area contributed by atoms with Crippen molar-refractivity contribution >= 4 is 50.4 Å². The summed E-state index contributed by atoms with van der Waals surface area (Å²) in [6, 6.07) is 1.45. The number of nitrogens with zero attached hydrogens (tertiary/aromatic N) is 3. The van der Waals surface area contributed by atoms with Crippen LogP contribution in [0.15, 0.2) is 22.4 Å². The lowest BCUT2D eigenvalue weighted by molar-refractivity contribution is -0.117. The fourth-order valence-electron chi connectivity index (χ4n) is 3.14. The number of thiophene rings is 1. The lowest BCUT2D eigenvalue weighted by atomic mass is 10.2. The molecule has 0 spiro atoms. The van der Waals surface area contributed by atoms with E-state index < -0.39 is 12.9 Å². The summed E-state index contributed by atoms with van der Waals surface area (Å²) in [5, 5.41) is 14.2. The molecule has 0 aromatic carbocycles. The van der Waals surface area contributed by atoms with E-state index in [9.17, 15) is 14.4 Å². The molecule has 1 aliphatic carbocycles. The number of hydrogen-bond donors (Lipinski definition) is 3. The summed E-state index contributed by atoms with van der Waals surface area (Å²) in [5.41, 5.74) is 1.01. The van der Waals surface area contributed by atoms with Gasteiger partial charge in [0.15, 0.2) is 0 Å². The first kappa shape index (κ1) is 16.5. The van der Waals surface area contributed by atoms with Gasteiger partial charge in [0.2, 0.25) is 5.91 Å². The van der Waals surface area contributed by atoms with Crippen LogP contribution in [0.3, 0.4) is 0 Å². The van der Waals surface area contributed by atoms with Gasteiger partial charge in [0, 0.05) is 41.2 Å². The second-order valence-corrected chi connectivity index (χ2v) is 7.90. The lowest BCUT2D eigenvalue weighted by Gasteiger charge is -2.13. The number of pyridine rings is 1. The first-order chi connectivity index (χ1) is 15.6. The molecule has 3 heterocycles. The summed E-state index contributed by atoms with van der Waals surface area (Å²) in [5.74, 6) is -0.871. The molecule has 1 fully saturated rings. The Hall–Kier alpha value is -3.27. The van der Waals surface area contributed by atoms with Crippen LogP contribution in [0, 0.1) is 12.8 Å². The van der Waals surface area contributed by atoms with Crippen molar-refractivity contribution in [3.63, 3.8) is 0 Å². The minimum Gasteiger partial charge on any atom is -0.355 e. The second-order valence-electron chi connectivity index (χ2n) is 7.02. The molecule has 3 aromatic heterocycles. The molecule has 2 amide bonds. The topological polar surface area (TPSA) is 118 Å². The molecule has 30 heavy (non-hydrogen) atoms. The third kappa shape index (κ3) is 3.65. The first-order valence-electron chi connectivity index (χ1n) is 11.0. The number of aromatic nitrogens is 3. The molecule has 1 saturated carbocycles. The maximum atomic E-state index is 12.9. The van der Waals surface area contributed by atoms with Crippen LogP contribution in [-0.2, 0) is 11.3 Å². The van der Waals surface area contributed by atoms with Crippen molar-refractivity contribution in [1.82, 2.24) is 20.1 Å². The fraction of sp³-hybridized carbons (Fsp3) is 0.350. The summed E-state index contributed by atoms with van der Waals surface area (Å²) in [6.45, 7) is 1.32. The third-order valence-electron chi connectivity index (χ3n) is 4.87. The Kier molecular flexibility index (Phi) is 4.33. The molecular weight excluding hydrogens is 404 g/mol. The number of anilines is 3. The minimum absolute atomic E-state index is 0.0449. The highest BCUT2D eigenvalue weighted by atomic mass is 32.1. The van der Waals surface area contributed by atoms with E-state index in [0.29, 0.717) is 28.0 Å². The molecule has 0 saturated heterocycles. The average Bonchev–Trinajstić information content (AvgIpc) is 3.50. The number of aryl methyl sites for hydroxylation is 2. The van der Waals surface area contributed by atoms with Gasteiger partial charge in [-0.2, -0.15) is 5.10 Å². The van der Waals surface area contributed by atoms with Gasteiger partial charge in [0.1, 0.15) is 5.82 Å². The quantitative estimate of drug-likeness (QED) is 0.554. The third-order valence-corrected chi connectivity index (χ3v) is 5.96. The van der Waals surface area contributed by atoms with Gasteiger partial charge in [0.25, 0.3) is 11.5 Å². The van der Waals surface area contributed by atoms with Crippen LogP contribution in [0.5, 0.6) is 0 Å². The lowest BCUT2D eigenvalue weighted by Crippen LogP contribution is -2.23. The van der Waals surface area contributed by atoms with E-state index in [1.54, 1.807) is 12.3 Å². The van der Waals surface area contributed by atoms with Gasteiger partial charge in [-0.05, 0) is 26.7 Å². The minimum atomic E-state index is -2.69. The Balaban J connectivity index is 1.77. The number of nitrogens with one attached hydrogen (secondary N) is 3. The van der Waals surface area contributed by atoms with Gasteiger partial charge in [0.05, 0.1) is 32.7 Å². The fourth-order valence-corrected chi connectivity index (χ4v) is 4.08. The van der Waals surface area contributed by atoms with Crippen molar-refractivity contribution < 1.29 is 13.7 Å². The first-order valence-corrected chi connectivity index (χ1v) is 10.3. The monoisotopic (exact) mass is 429 g/mol. The molecular formula is C20H22N6O3S. The Morgan fingerprint density at radius 2 is 2.17 bits per heavy atom. The molecule has 0 atom stereocenters. The Bertz CT molecular complexity index is 1310. The van der Waals surface area contributed by atoms with Gasteiger partial charge in [-0.3, -0.25) is 14.4 Å². The standard InChI is InChI=1S/C20H22N6O3S/c1-4-26-20(29)16-14(9-30-17(16)10(2)25-26)23-13-7-15(24-18(27)11-5-6-11)22-8-12(13)19(28)21-3/h7-9,11H,4-6H2,1-3H3,(H,21,28)(H2,22,23,24,27)/i3D3. The van der Waals surface area contributed by atoms with Crippen LogP contribution in [0.25, 0.3) is 10.1 Å². The van der Waals surface area contributed by atoms with Crippen LogP contribution in [0.4, 0.5) is 17.2 Å². The Labute approximate surface area is 180 Å². The number of fused-ring (bicyclic) bond motifs is 1. The van der Waals surface area contributed by atoms with E-state index in [2.05, 4.69) is 20.7 Å². The zero-order valence-electron chi connectivity index (χ0n) is 19.4. The molecule has 0 unspecified atom stereocenters. The zero-order valence-corrected chi connectivity index (χ0v) is 17.2. The van der Waals surface area contributed by atoms with Crippen molar-refractivity contribution in [2.75, 3.05) is 17.6 Å². The second kappa shape index (κ2) is 7.86. The molecule has 4 rings (SSSR count). The van der Waals surface area contributed by atoms with E-state index >= 15 is 0 Å². The summed E-state index contributed by atoms with van der Waals surface area (Å²) < 4.78 is 24.0. The van der Waals surface area contributed by atoms with Crippen molar-refractivity contribution in [2.24, 2.45) is 5.92 Å². The molecule has 0 aliphatic heterocycles. The summed E-state index contributed by atoms with van der Waals surface area (Å²) in [6.07, 6.45) is 2.82. The maximum Gasteiger partial charge on any atom is 0.277 e. The molecule has 0 radical (unpaired) electrons. The van der Waals surface area contributed by atoms with Crippen LogP contribution < -0.4 is 21.5 Å². The van der Waals surface area contributed by atoms with E-state index in [4.69, 9.17) is 4.11 Å². The maximum absolute atomic E-state index is 12.9. The van der Waals surface area contributed by atoms with Crippen LogP contribution in [0.1, 0.15) is 39.9 Å². The highest BCUT2D eigenvalue weighted by Crippen LogP contribution is 2.34. The van der Waals surface area contributed by atoms with Crippen LogP contribution in [-0.4, -0.2) is 33.6 Å². The highest BCUT2D eigenvalue weighted by Gasteiger charge is 2.30. The smallest absolute Gasteiger partial charge is 0.277 e. The van der Waals surface area contributed by atoms with E-state index in [1.165, 1.54) is 28.3 Å². The number of rotatable bonds is 6. The zero-order chi connectivity index (χ0) is 23.9. The van der Waals surface area contributed by atoms with Crippen LogP contribution >= 0.6 is 11.3 Å². The van der Waals surface area contributed by atoms with Gasteiger partial charge >= 0.3 is 0 Å². The van der Waals surface area contributed by atoms with Crippen molar-refractivity contribution in [3.05, 3.63) is 39.3 Å². The van der Waals surface area contributed by atoms with Gasteiger partial charge in [-0.15, -0.1) is 11.3 Å². The molecule has 0 bridgehead atoms. The molecule has 3 aromatic rings. The Morgan fingerprint density at radius 3 is 2.87 bits per heavy atom. The number of carbonyl (C=O) groups excluding carboxylic acids is 2. The van der Waals surface area contributed by atoms with E-state index in [0.717, 1.165) is 12.8 Å². The molecule has 3 N–H and O–H groups in total. The summed E-state index contributed by atoms with van der Waals surface area (Å²) in [7, 11) is 0. The van der Waals surface area contributed by atoms with Gasteiger partial charge in [-0.1, -0.05) is 0 Å². The van der Waals surface area contributed by atoms with E-state index in [-0.39, 0.29) is 34.5 Å². The molecule has 9 nitrogen and oxygen atoms in total. The normalized spacial score (nSPS) is 15.2. The number of carbonyl (C=O) groups is 2. The summed E-state index contributed by atoms with van der Waals surface area (Å²) in [4.78, 5) is 41.8. The average molecular weight is 430 g/mol. The van der Waals surface area contributed by atoms with E-state index in [1.807, 2.05) is 12.2 Å². The molecule has 156 valence electrons. The highest BCUT2D eigenvalue weighted by molar-refractivity contribution is 7.18. The van der Waals surface area contributed by atoms with Crippen molar-refractivity contribution in [1.29, 1.82) is 0 Å². The Morgan fingerprint density at radius 1 is 1.37 bits per heavy atom. The number of hydrogen-bond acceptors (Lipinski definition) is 7. The molecule has 1 aliphatic rings. The van der Waals surface area contributed by atoms with Crippen LogP contribution in [0.2, 0.25) is 0 Å². The SMILES string of the molecule is [2H]C([2H])([2H])NC(=O)c1cnc(NC(=O)C2CC2)cc1Nc1csc2c(C)nn(CC)c(=O)c12. The predicted octanol–water partition coefficient (Wildman–Crippen LogP) is 2.63. The number of amides is 2. The van der Waals surface area contributed by atoms with Crippen molar-refractivity contribution in [3.8, 4) is 0 Å². The van der Waals surface area contributed by atoms with Gasteiger partial charge in [-0.25, -0.2) is 9.67 Å². The largest absolute Gasteiger partial charge is 0.355 e. The predicted molar refractivity (Wildman–Crippen MR) is 117 cm³/mol. The van der Waals surface area contributed by atoms with Gasteiger partial charge < -0.3 is 16.0 Å². The molecule has 10 heteroatoms.